The number of hydrogen-bond acceptors (Lipinski definition) is 3. The van der Waals surface area contributed by atoms with Gasteiger partial charge in [0.05, 0.1) is 0 Å². The van der Waals surface area contributed by atoms with Crippen LogP contribution in [0.4, 0.5) is 11.4 Å². The van der Waals surface area contributed by atoms with Gasteiger partial charge < -0.3 is 9.80 Å². The summed E-state index contributed by atoms with van der Waals surface area (Å²) in [7, 11) is 4.31. The van der Waals surface area contributed by atoms with E-state index in [0.29, 0.717) is 0 Å². The minimum atomic E-state index is 1.07. The first-order valence-electron chi connectivity index (χ1n) is 8.95. The van der Waals surface area contributed by atoms with E-state index in [-0.39, 0.29) is 0 Å². The molecular formula is C21H28N2S. The van der Waals surface area contributed by atoms with E-state index in [1.165, 1.54) is 33.8 Å². The Labute approximate surface area is 150 Å². The Bertz CT molecular complexity index is 681. The lowest BCUT2D eigenvalue weighted by Crippen LogP contribution is -2.24. The van der Waals surface area contributed by atoms with E-state index in [1.807, 2.05) is 11.8 Å². The van der Waals surface area contributed by atoms with Crippen LogP contribution in [0, 0.1) is 0 Å². The monoisotopic (exact) mass is 340 g/mol. The van der Waals surface area contributed by atoms with Gasteiger partial charge in [-0.25, -0.2) is 0 Å². The maximum absolute atomic E-state index is 2.56. The summed E-state index contributed by atoms with van der Waals surface area (Å²) < 4.78 is 0. The molecule has 2 nitrogen and oxygen atoms in total. The number of nitrogens with zero attached hydrogens (tertiary/aromatic N) is 2. The van der Waals surface area contributed by atoms with Gasteiger partial charge in [-0.2, -0.15) is 0 Å². The van der Waals surface area contributed by atoms with E-state index in [2.05, 4.69) is 73.3 Å². The van der Waals surface area contributed by atoms with Crippen LogP contribution in [0.25, 0.3) is 0 Å². The van der Waals surface area contributed by atoms with Crippen LogP contribution >= 0.6 is 11.8 Å². The molecule has 0 radical (unpaired) electrons. The van der Waals surface area contributed by atoms with Crippen LogP contribution in [0.1, 0.15) is 24.5 Å². The third-order valence-electron chi connectivity index (χ3n) is 4.59. The molecule has 24 heavy (non-hydrogen) atoms. The predicted octanol–water partition coefficient (Wildman–Crippen LogP) is 4.99. The van der Waals surface area contributed by atoms with Gasteiger partial charge in [0.1, 0.15) is 0 Å². The van der Waals surface area contributed by atoms with E-state index in [9.17, 15) is 0 Å². The highest BCUT2D eigenvalue weighted by atomic mass is 32.2. The Morgan fingerprint density at radius 3 is 2.50 bits per heavy atom. The molecule has 0 N–H and O–H groups in total. The van der Waals surface area contributed by atoms with Crippen molar-refractivity contribution in [3.05, 3.63) is 53.6 Å². The molecule has 0 fully saturated rings. The van der Waals surface area contributed by atoms with Gasteiger partial charge in [-0.05, 0) is 75.0 Å². The first kappa shape index (κ1) is 17.4. The second kappa shape index (κ2) is 8.09. The summed E-state index contributed by atoms with van der Waals surface area (Å²) in [5.41, 5.74) is 5.77. The van der Waals surface area contributed by atoms with Crippen molar-refractivity contribution in [2.24, 2.45) is 0 Å². The molecule has 1 heterocycles. The summed E-state index contributed by atoms with van der Waals surface area (Å²) in [6, 6.07) is 16.0. The van der Waals surface area contributed by atoms with Crippen LogP contribution in [0.5, 0.6) is 0 Å². The molecule has 0 unspecified atom stereocenters. The van der Waals surface area contributed by atoms with Crippen LogP contribution in [-0.2, 0) is 12.8 Å². The van der Waals surface area contributed by atoms with Crippen molar-refractivity contribution in [3.63, 3.8) is 0 Å². The Kier molecular flexibility index (Phi) is 5.85. The number of para-hydroxylation sites is 1. The van der Waals surface area contributed by atoms with Gasteiger partial charge in [0, 0.05) is 22.8 Å². The molecule has 0 aromatic heterocycles. The fraction of sp³-hybridized carbons (Fsp3) is 0.429. The molecule has 0 spiro atoms. The van der Waals surface area contributed by atoms with E-state index in [0.717, 1.165) is 31.7 Å². The van der Waals surface area contributed by atoms with Gasteiger partial charge >= 0.3 is 0 Å². The van der Waals surface area contributed by atoms with Crippen molar-refractivity contribution in [3.8, 4) is 0 Å². The van der Waals surface area contributed by atoms with Crippen molar-refractivity contribution in [2.45, 2.75) is 31.1 Å². The van der Waals surface area contributed by atoms with Gasteiger partial charge in [0.15, 0.2) is 0 Å². The number of anilines is 2. The molecule has 0 saturated heterocycles. The lowest BCUT2D eigenvalue weighted by atomic mass is 10.0. The van der Waals surface area contributed by atoms with E-state index in [1.54, 1.807) is 0 Å². The number of thioether (sulfide) groups is 1. The fourth-order valence-electron chi connectivity index (χ4n) is 3.43. The molecule has 0 saturated carbocycles. The quantitative estimate of drug-likeness (QED) is 0.684. The molecule has 0 atom stereocenters. The lowest BCUT2D eigenvalue weighted by Gasteiger charge is -2.28. The van der Waals surface area contributed by atoms with Crippen molar-refractivity contribution in [1.29, 1.82) is 0 Å². The molecule has 0 bridgehead atoms. The molecule has 1 aliphatic heterocycles. The second-order valence-electron chi connectivity index (χ2n) is 6.66. The number of rotatable bonds is 6. The molecule has 1 aliphatic rings. The average Bonchev–Trinajstić information content (AvgIpc) is 2.72. The number of aryl methyl sites for hydroxylation is 2. The molecule has 2 aromatic rings. The van der Waals surface area contributed by atoms with E-state index >= 15 is 0 Å². The molecular weight excluding hydrogens is 312 g/mol. The average molecular weight is 341 g/mol. The summed E-state index contributed by atoms with van der Waals surface area (Å²) in [6.07, 6.45) is 3.44. The largest absolute Gasteiger partial charge is 0.341 e. The van der Waals surface area contributed by atoms with Crippen LogP contribution in [0.15, 0.2) is 47.4 Å². The Balaban J connectivity index is 1.97. The third-order valence-corrected chi connectivity index (χ3v) is 5.47. The zero-order valence-electron chi connectivity index (χ0n) is 15.1. The summed E-state index contributed by atoms with van der Waals surface area (Å²) in [5.74, 6) is 1.12. The topological polar surface area (TPSA) is 6.48 Å². The SMILES string of the molecule is CCSc1ccc2c(c1)N(CCCN(C)C)c1ccccc1CC2. The Hall–Kier alpha value is -1.45. The molecule has 2 aromatic carbocycles. The van der Waals surface area contributed by atoms with Crippen LogP contribution < -0.4 is 4.90 Å². The maximum atomic E-state index is 2.56. The van der Waals surface area contributed by atoms with Crippen molar-refractivity contribution < 1.29 is 0 Å². The number of benzene rings is 2. The Morgan fingerprint density at radius 2 is 1.75 bits per heavy atom. The smallest absolute Gasteiger partial charge is 0.0454 e. The van der Waals surface area contributed by atoms with Gasteiger partial charge in [0.2, 0.25) is 0 Å². The highest BCUT2D eigenvalue weighted by Gasteiger charge is 2.20. The first-order valence-corrected chi connectivity index (χ1v) is 9.93. The zero-order chi connectivity index (χ0) is 16.9. The highest BCUT2D eigenvalue weighted by Crippen LogP contribution is 2.38. The number of hydrogen-bond donors (Lipinski definition) is 0. The molecule has 0 amide bonds. The van der Waals surface area contributed by atoms with Gasteiger partial charge in [-0.1, -0.05) is 31.2 Å². The van der Waals surface area contributed by atoms with E-state index in [4.69, 9.17) is 0 Å². The van der Waals surface area contributed by atoms with Crippen molar-refractivity contribution in [1.82, 2.24) is 4.90 Å². The highest BCUT2D eigenvalue weighted by molar-refractivity contribution is 7.99. The lowest BCUT2D eigenvalue weighted by molar-refractivity contribution is 0.402. The second-order valence-corrected chi connectivity index (χ2v) is 8.00. The predicted molar refractivity (Wildman–Crippen MR) is 107 cm³/mol. The van der Waals surface area contributed by atoms with Crippen molar-refractivity contribution >= 4 is 23.1 Å². The van der Waals surface area contributed by atoms with Gasteiger partial charge in [0.25, 0.3) is 0 Å². The minimum Gasteiger partial charge on any atom is -0.341 e. The van der Waals surface area contributed by atoms with Gasteiger partial charge in [-0.3, -0.25) is 0 Å². The summed E-state index contributed by atoms with van der Waals surface area (Å²) in [6.45, 7) is 4.42. The maximum Gasteiger partial charge on any atom is 0.0454 e. The fourth-order valence-corrected chi connectivity index (χ4v) is 4.13. The summed E-state index contributed by atoms with van der Waals surface area (Å²) in [4.78, 5) is 6.21. The summed E-state index contributed by atoms with van der Waals surface area (Å²) >= 11 is 1.93. The standard InChI is InChI=1S/C21H28N2S/c1-4-24-19-13-12-18-11-10-17-8-5-6-9-20(17)23(21(18)16-19)15-7-14-22(2)3/h5-6,8-9,12-13,16H,4,7,10-11,14-15H2,1-3H3. The van der Waals surface area contributed by atoms with Crippen LogP contribution in [-0.4, -0.2) is 37.8 Å². The van der Waals surface area contributed by atoms with Crippen LogP contribution in [0.2, 0.25) is 0 Å². The van der Waals surface area contributed by atoms with Gasteiger partial charge in [-0.15, -0.1) is 11.8 Å². The summed E-state index contributed by atoms with van der Waals surface area (Å²) in [5, 5.41) is 0. The third kappa shape index (κ3) is 3.96. The van der Waals surface area contributed by atoms with Crippen molar-refractivity contribution in [2.75, 3.05) is 37.8 Å². The van der Waals surface area contributed by atoms with E-state index < -0.39 is 0 Å². The number of fused-ring (bicyclic) bond motifs is 2. The normalized spacial score (nSPS) is 13.6. The minimum absolute atomic E-state index is 1.07. The first-order chi connectivity index (χ1) is 11.7. The Morgan fingerprint density at radius 1 is 1.00 bits per heavy atom. The molecule has 3 rings (SSSR count). The molecule has 128 valence electrons. The molecule has 3 heteroatoms. The molecule has 0 aliphatic carbocycles. The zero-order valence-corrected chi connectivity index (χ0v) is 15.9. The van der Waals surface area contributed by atoms with Crippen LogP contribution in [0.3, 0.4) is 0 Å².